The summed E-state index contributed by atoms with van der Waals surface area (Å²) in [5, 5.41) is 3.35. The summed E-state index contributed by atoms with van der Waals surface area (Å²) in [5.41, 5.74) is 0. The second-order valence-corrected chi connectivity index (χ2v) is 2.78. The predicted octanol–water partition coefficient (Wildman–Crippen LogP) is 2.34. The van der Waals surface area contributed by atoms with Gasteiger partial charge >= 0.3 is 0 Å². The summed E-state index contributed by atoms with van der Waals surface area (Å²) in [6.45, 7) is 7.60. The molecular weight excluding hydrogens is 122 g/mol. The van der Waals surface area contributed by atoms with E-state index in [-0.39, 0.29) is 0 Å². The second kappa shape index (κ2) is 6.81. The number of rotatable bonds is 5. The van der Waals surface area contributed by atoms with Crippen LogP contribution in [0.2, 0.25) is 0 Å². The molecule has 10 heavy (non-hydrogen) atoms. The molecule has 60 valence electrons. The van der Waals surface area contributed by atoms with E-state index in [1.54, 1.807) is 0 Å². The molecule has 0 heterocycles. The zero-order chi connectivity index (χ0) is 7.82. The molecule has 0 saturated heterocycles. The van der Waals surface area contributed by atoms with Crippen LogP contribution in [0.3, 0.4) is 0 Å². The Kier molecular flexibility index (Phi) is 6.61. The van der Waals surface area contributed by atoms with Crippen molar-refractivity contribution in [1.82, 2.24) is 5.32 Å². The minimum atomic E-state index is 0.620. The zero-order valence-corrected chi connectivity index (χ0v) is 7.35. The highest BCUT2D eigenvalue weighted by molar-refractivity contribution is 4.80. The fraction of sp³-hybridized carbons (Fsp3) is 0.778. The van der Waals surface area contributed by atoms with Crippen LogP contribution in [0.4, 0.5) is 0 Å². The first-order chi connectivity index (χ1) is 4.77. The van der Waals surface area contributed by atoms with Gasteiger partial charge in [0, 0.05) is 6.04 Å². The average Bonchev–Trinajstić information content (AvgIpc) is 1.87. The molecule has 0 unspecified atom stereocenters. The average molecular weight is 141 g/mol. The molecule has 0 atom stereocenters. The van der Waals surface area contributed by atoms with Crippen molar-refractivity contribution in [3.63, 3.8) is 0 Å². The van der Waals surface area contributed by atoms with Crippen molar-refractivity contribution < 1.29 is 0 Å². The molecule has 1 nitrogen and oxygen atoms in total. The Hall–Kier alpha value is -0.300. The molecule has 0 spiro atoms. The molecule has 0 radical (unpaired) electrons. The first-order valence-electron chi connectivity index (χ1n) is 4.15. The third-order valence-corrected chi connectivity index (χ3v) is 1.27. The molecule has 0 aromatic rings. The van der Waals surface area contributed by atoms with Gasteiger partial charge in [0.1, 0.15) is 0 Å². The van der Waals surface area contributed by atoms with Gasteiger partial charge in [-0.3, -0.25) is 0 Å². The highest BCUT2D eigenvalue weighted by atomic mass is 14.9. The van der Waals surface area contributed by atoms with Crippen molar-refractivity contribution in [1.29, 1.82) is 0 Å². The third kappa shape index (κ3) is 7.70. The van der Waals surface area contributed by atoms with Gasteiger partial charge in [0.15, 0.2) is 0 Å². The molecule has 0 bridgehead atoms. The van der Waals surface area contributed by atoms with Gasteiger partial charge in [-0.25, -0.2) is 0 Å². The summed E-state index contributed by atoms with van der Waals surface area (Å²) in [7, 11) is 0. The van der Waals surface area contributed by atoms with Crippen molar-refractivity contribution in [2.45, 2.75) is 39.7 Å². The van der Waals surface area contributed by atoms with Crippen LogP contribution in [0.1, 0.15) is 33.6 Å². The first kappa shape index (κ1) is 9.70. The minimum Gasteiger partial charge on any atom is -0.314 e. The Labute approximate surface area is 64.5 Å². The molecule has 1 heteroatoms. The molecule has 1 N–H and O–H groups in total. The Morgan fingerprint density at radius 1 is 1.30 bits per heavy atom. The van der Waals surface area contributed by atoms with E-state index in [1.807, 2.05) is 0 Å². The molecule has 0 fully saturated rings. The molecule has 0 amide bonds. The Balaban J connectivity index is 2.97. The van der Waals surface area contributed by atoms with Gasteiger partial charge in [0.05, 0.1) is 0 Å². The monoisotopic (exact) mass is 141 g/mol. The minimum absolute atomic E-state index is 0.620. The van der Waals surface area contributed by atoms with E-state index in [9.17, 15) is 0 Å². The van der Waals surface area contributed by atoms with Crippen LogP contribution < -0.4 is 5.32 Å². The number of allylic oxidation sites excluding steroid dienone is 1. The lowest BCUT2D eigenvalue weighted by molar-refractivity contribution is 0.594. The lowest BCUT2D eigenvalue weighted by Gasteiger charge is -2.04. The van der Waals surface area contributed by atoms with E-state index in [0.717, 1.165) is 19.4 Å². The van der Waals surface area contributed by atoms with Gasteiger partial charge in [-0.05, 0) is 19.4 Å². The summed E-state index contributed by atoms with van der Waals surface area (Å²) in [4.78, 5) is 0. The van der Waals surface area contributed by atoms with Gasteiger partial charge in [-0.2, -0.15) is 0 Å². The lowest BCUT2D eigenvalue weighted by atomic mass is 10.3. The maximum absolute atomic E-state index is 3.35. The quantitative estimate of drug-likeness (QED) is 0.458. The normalized spacial score (nSPS) is 11.6. The third-order valence-electron chi connectivity index (χ3n) is 1.27. The molecule has 0 aliphatic heterocycles. The summed E-state index contributed by atoms with van der Waals surface area (Å²) in [5.74, 6) is 0. The molecule has 0 aliphatic rings. The summed E-state index contributed by atoms with van der Waals surface area (Å²) in [6.07, 6.45) is 6.76. The Morgan fingerprint density at radius 3 is 2.50 bits per heavy atom. The SMILES string of the molecule is CC/C=C\CCNC(C)C. The van der Waals surface area contributed by atoms with Crippen molar-refractivity contribution in [2.24, 2.45) is 0 Å². The predicted molar refractivity (Wildman–Crippen MR) is 47.2 cm³/mol. The maximum Gasteiger partial charge on any atom is 0.00105 e. The van der Waals surface area contributed by atoms with Crippen molar-refractivity contribution in [3.05, 3.63) is 12.2 Å². The van der Waals surface area contributed by atoms with E-state index in [0.29, 0.717) is 6.04 Å². The summed E-state index contributed by atoms with van der Waals surface area (Å²) >= 11 is 0. The lowest BCUT2D eigenvalue weighted by Crippen LogP contribution is -2.23. The van der Waals surface area contributed by atoms with Crippen LogP contribution in [0, 0.1) is 0 Å². The summed E-state index contributed by atoms with van der Waals surface area (Å²) < 4.78 is 0. The number of nitrogens with one attached hydrogen (secondary N) is 1. The molecule has 0 rings (SSSR count). The number of hydrogen-bond acceptors (Lipinski definition) is 1. The first-order valence-corrected chi connectivity index (χ1v) is 4.15. The largest absolute Gasteiger partial charge is 0.314 e. The topological polar surface area (TPSA) is 12.0 Å². The molecular formula is C9H19N. The van der Waals surface area contributed by atoms with Crippen LogP contribution in [-0.2, 0) is 0 Å². The van der Waals surface area contributed by atoms with E-state index in [1.165, 1.54) is 0 Å². The fourth-order valence-electron chi connectivity index (χ4n) is 0.740. The van der Waals surface area contributed by atoms with Crippen molar-refractivity contribution >= 4 is 0 Å². The molecule has 0 aromatic heterocycles. The van der Waals surface area contributed by atoms with Gasteiger partial charge in [0.25, 0.3) is 0 Å². The molecule has 0 saturated carbocycles. The standard InChI is InChI=1S/C9H19N/c1-4-5-6-7-8-10-9(2)3/h5-6,9-10H,4,7-8H2,1-3H3/b6-5-. The number of hydrogen-bond donors (Lipinski definition) is 1. The highest BCUT2D eigenvalue weighted by Gasteiger charge is 1.87. The van der Waals surface area contributed by atoms with E-state index >= 15 is 0 Å². The summed E-state index contributed by atoms with van der Waals surface area (Å²) in [6, 6.07) is 0.620. The fourth-order valence-corrected chi connectivity index (χ4v) is 0.740. The van der Waals surface area contributed by atoms with Crippen molar-refractivity contribution in [2.75, 3.05) is 6.54 Å². The van der Waals surface area contributed by atoms with Gasteiger partial charge < -0.3 is 5.32 Å². The van der Waals surface area contributed by atoms with Crippen LogP contribution in [0.15, 0.2) is 12.2 Å². The Morgan fingerprint density at radius 2 is 2.00 bits per heavy atom. The maximum atomic E-state index is 3.35. The van der Waals surface area contributed by atoms with Gasteiger partial charge in [-0.15, -0.1) is 0 Å². The Bertz CT molecular complexity index is 84.7. The van der Waals surface area contributed by atoms with Crippen LogP contribution in [-0.4, -0.2) is 12.6 Å². The van der Waals surface area contributed by atoms with Crippen LogP contribution >= 0.6 is 0 Å². The second-order valence-electron chi connectivity index (χ2n) is 2.78. The van der Waals surface area contributed by atoms with Crippen LogP contribution in [0.5, 0.6) is 0 Å². The van der Waals surface area contributed by atoms with E-state index in [2.05, 4.69) is 38.2 Å². The smallest absolute Gasteiger partial charge is 0.00105 e. The van der Waals surface area contributed by atoms with E-state index in [4.69, 9.17) is 0 Å². The van der Waals surface area contributed by atoms with Crippen molar-refractivity contribution in [3.8, 4) is 0 Å². The van der Waals surface area contributed by atoms with Gasteiger partial charge in [-0.1, -0.05) is 32.9 Å². The molecule has 0 aromatic carbocycles. The van der Waals surface area contributed by atoms with E-state index < -0.39 is 0 Å². The van der Waals surface area contributed by atoms with Crippen LogP contribution in [0.25, 0.3) is 0 Å². The van der Waals surface area contributed by atoms with Gasteiger partial charge in [0.2, 0.25) is 0 Å². The highest BCUT2D eigenvalue weighted by Crippen LogP contribution is 1.85. The molecule has 0 aliphatic carbocycles. The zero-order valence-electron chi connectivity index (χ0n) is 7.35.